The third-order valence-corrected chi connectivity index (χ3v) is 3.78. The molecular weight excluding hydrogens is 236 g/mol. The summed E-state index contributed by atoms with van der Waals surface area (Å²) in [6, 6.07) is 4.22. The van der Waals surface area contributed by atoms with Gasteiger partial charge in [0.05, 0.1) is 0 Å². The van der Waals surface area contributed by atoms with E-state index in [4.69, 9.17) is 0 Å². The van der Waals surface area contributed by atoms with Crippen LogP contribution in [0.15, 0.2) is 12.1 Å². The van der Waals surface area contributed by atoms with Gasteiger partial charge >= 0.3 is 0 Å². The van der Waals surface area contributed by atoms with Gasteiger partial charge in [0.1, 0.15) is 6.04 Å². The zero-order valence-electron chi connectivity index (χ0n) is 12.6. The molecule has 0 aliphatic carbocycles. The van der Waals surface area contributed by atoms with Crippen molar-refractivity contribution in [2.75, 3.05) is 13.1 Å². The zero-order chi connectivity index (χ0) is 14.2. The molecule has 0 bridgehead atoms. The predicted octanol–water partition coefficient (Wildman–Crippen LogP) is 2.36. The van der Waals surface area contributed by atoms with E-state index in [1.807, 2.05) is 0 Å². The molecule has 1 aliphatic heterocycles. The fourth-order valence-corrected chi connectivity index (χ4v) is 2.69. The summed E-state index contributed by atoms with van der Waals surface area (Å²) in [6.07, 6.45) is 0. The highest BCUT2D eigenvalue weighted by Gasteiger charge is 2.27. The van der Waals surface area contributed by atoms with Crippen molar-refractivity contribution in [3.8, 4) is 0 Å². The van der Waals surface area contributed by atoms with E-state index >= 15 is 0 Å². The second kappa shape index (κ2) is 4.97. The van der Waals surface area contributed by atoms with Crippen LogP contribution < -0.4 is 10.6 Å². The number of benzene rings is 1. The molecule has 1 amide bonds. The topological polar surface area (TPSA) is 41.1 Å². The van der Waals surface area contributed by atoms with Crippen LogP contribution in [0.3, 0.4) is 0 Å². The van der Waals surface area contributed by atoms with Gasteiger partial charge < -0.3 is 10.6 Å². The highest BCUT2D eigenvalue weighted by Crippen LogP contribution is 2.30. The number of aryl methyl sites for hydroxylation is 2. The van der Waals surface area contributed by atoms with Crippen molar-refractivity contribution >= 4 is 5.91 Å². The van der Waals surface area contributed by atoms with Gasteiger partial charge in [-0.25, -0.2) is 0 Å². The Bertz CT molecular complexity index is 477. The minimum Gasteiger partial charge on any atom is -0.353 e. The summed E-state index contributed by atoms with van der Waals surface area (Å²) >= 11 is 0. The lowest BCUT2D eigenvalue weighted by molar-refractivity contribution is -0.124. The van der Waals surface area contributed by atoms with Gasteiger partial charge in [0.15, 0.2) is 0 Å². The Balaban J connectivity index is 2.45. The molecule has 2 N–H and O–H groups in total. The number of piperazine rings is 1. The van der Waals surface area contributed by atoms with Crippen molar-refractivity contribution in [3.05, 3.63) is 34.4 Å². The zero-order valence-corrected chi connectivity index (χ0v) is 12.6. The minimum atomic E-state index is -0.206. The molecule has 2 rings (SSSR count). The molecule has 1 aromatic carbocycles. The second-order valence-electron chi connectivity index (χ2n) is 6.45. The summed E-state index contributed by atoms with van der Waals surface area (Å²) in [5.41, 5.74) is 4.97. The molecule has 1 fully saturated rings. The molecule has 1 heterocycles. The maximum Gasteiger partial charge on any atom is 0.241 e. The Kier molecular flexibility index (Phi) is 3.68. The lowest BCUT2D eigenvalue weighted by atomic mass is 9.82. The standard InChI is InChI=1S/C16H24N2O/c1-10-8-12(16(3,4)5)9-11(2)13(10)14-15(19)18-7-6-17-14/h8-9,14,17H,6-7H2,1-5H3,(H,18,19). The lowest BCUT2D eigenvalue weighted by Gasteiger charge is -2.28. The fraction of sp³-hybridized carbons (Fsp3) is 0.562. The van der Waals surface area contributed by atoms with Crippen LogP contribution in [-0.4, -0.2) is 19.0 Å². The average Bonchev–Trinajstić information content (AvgIpc) is 2.29. The summed E-state index contributed by atoms with van der Waals surface area (Å²) in [5, 5.41) is 6.24. The number of hydrogen-bond donors (Lipinski definition) is 2. The Morgan fingerprint density at radius 1 is 1.11 bits per heavy atom. The van der Waals surface area contributed by atoms with Gasteiger partial charge in [-0.05, 0) is 41.5 Å². The third-order valence-electron chi connectivity index (χ3n) is 3.78. The summed E-state index contributed by atoms with van der Waals surface area (Å²) in [7, 11) is 0. The molecule has 1 unspecified atom stereocenters. The van der Waals surface area contributed by atoms with Crippen LogP contribution in [0.1, 0.15) is 49.1 Å². The number of rotatable bonds is 1. The van der Waals surface area contributed by atoms with Gasteiger partial charge in [-0.2, -0.15) is 0 Å². The lowest BCUT2D eigenvalue weighted by Crippen LogP contribution is -2.47. The van der Waals surface area contributed by atoms with Crippen molar-refractivity contribution in [1.29, 1.82) is 0 Å². The molecule has 0 spiro atoms. The van der Waals surface area contributed by atoms with Crippen molar-refractivity contribution in [2.24, 2.45) is 0 Å². The van der Waals surface area contributed by atoms with Crippen LogP contribution in [0.5, 0.6) is 0 Å². The predicted molar refractivity (Wildman–Crippen MR) is 78.4 cm³/mol. The molecular formula is C16H24N2O. The highest BCUT2D eigenvalue weighted by atomic mass is 16.2. The van der Waals surface area contributed by atoms with Crippen LogP contribution in [-0.2, 0) is 10.2 Å². The van der Waals surface area contributed by atoms with E-state index in [1.165, 1.54) is 16.7 Å². The van der Waals surface area contributed by atoms with Gasteiger partial charge in [-0.15, -0.1) is 0 Å². The molecule has 0 aromatic heterocycles. The number of nitrogens with one attached hydrogen (secondary N) is 2. The van der Waals surface area contributed by atoms with Gasteiger partial charge in [0.2, 0.25) is 5.91 Å². The summed E-state index contributed by atoms with van der Waals surface area (Å²) in [5.74, 6) is 0.0842. The van der Waals surface area contributed by atoms with Crippen molar-refractivity contribution in [2.45, 2.75) is 46.1 Å². The van der Waals surface area contributed by atoms with Gasteiger partial charge in [-0.1, -0.05) is 32.9 Å². The van der Waals surface area contributed by atoms with Gasteiger partial charge in [0.25, 0.3) is 0 Å². The van der Waals surface area contributed by atoms with E-state index in [0.717, 1.165) is 12.1 Å². The smallest absolute Gasteiger partial charge is 0.241 e. The van der Waals surface area contributed by atoms with Crippen LogP contribution >= 0.6 is 0 Å². The van der Waals surface area contributed by atoms with Crippen LogP contribution in [0.2, 0.25) is 0 Å². The molecule has 3 nitrogen and oxygen atoms in total. The molecule has 104 valence electrons. The van der Waals surface area contributed by atoms with Crippen molar-refractivity contribution in [1.82, 2.24) is 10.6 Å². The molecule has 19 heavy (non-hydrogen) atoms. The minimum absolute atomic E-state index is 0.0842. The molecule has 0 radical (unpaired) electrons. The Labute approximate surface area is 115 Å². The monoisotopic (exact) mass is 260 g/mol. The first-order valence-electron chi connectivity index (χ1n) is 6.93. The van der Waals surface area contributed by atoms with Crippen molar-refractivity contribution in [3.63, 3.8) is 0 Å². The molecule has 1 aromatic rings. The Morgan fingerprint density at radius 2 is 1.68 bits per heavy atom. The second-order valence-corrected chi connectivity index (χ2v) is 6.45. The molecule has 1 saturated heterocycles. The van der Waals surface area contributed by atoms with Gasteiger partial charge in [0, 0.05) is 13.1 Å². The average molecular weight is 260 g/mol. The van der Waals surface area contributed by atoms with E-state index in [-0.39, 0.29) is 17.4 Å². The summed E-state index contributed by atoms with van der Waals surface area (Å²) in [4.78, 5) is 12.0. The van der Waals surface area contributed by atoms with E-state index in [2.05, 4.69) is 57.4 Å². The third kappa shape index (κ3) is 2.81. The Morgan fingerprint density at radius 3 is 2.16 bits per heavy atom. The highest BCUT2D eigenvalue weighted by molar-refractivity contribution is 5.84. The first-order valence-corrected chi connectivity index (χ1v) is 6.93. The quantitative estimate of drug-likeness (QED) is 0.814. The van der Waals surface area contributed by atoms with E-state index in [0.29, 0.717) is 6.54 Å². The van der Waals surface area contributed by atoms with Crippen molar-refractivity contribution < 1.29 is 4.79 Å². The van der Waals surface area contributed by atoms with Crippen LogP contribution in [0.4, 0.5) is 0 Å². The van der Waals surface area contributed by atoms with Gasteiger partial charge in [-0.3, -0.25) is 4.79 Å². The Hall–Kier alpha value is -1.35. The molecule has 0 saturated carbocycles. The van der Waals surface area contributed by atoms with Crippen LogP contribution in [0.25, 0.3) is 0 Å². The number of carbonyl (C=O) groups is 1. The number of hydrogen-bond acceptors (Lipinski definition) is 2. The first kappa shape index (κ1) is 14.1. The molecule has 1 atom stereocenters. The fourth-order valence-electron chi connectivity index (χ4n) is 2.69. The summed E-state index contributed by atoms with van der Waals surface area (Å²) in [6.45, 7) is 12.4. The van der Waals surface area contributed by atoms with Crippen LogP contribution in [0, 0.1) is 13.8 Å². The number of carbonyl (C=O) groups excluding carboxylic acids is 1. The largest absolute Gasteiger partial charge is 0.353 e. The first-order chi connectivity index (χ1) is 8.80. The molecule has 1 aliphatic rings. The van der Waals surface area contributed by atoms with E-state index in [9.17, 15) is 4.79 Å². The summed E-state index contributed by atoms with van der Waals surface area (Å²) < 4.78 is 0. The van der Waals surface area contributed by atoms with E-state index in [1.54, 1.807) is 0 Å². The molecule has 3 heteroatoms. The SMILES string of the molecule is Cc1cc(C(C)(C)C)cc(C)c1C1NCCNC1=O. The van der Waals surface area contributed by atoms with E-state index < -0.39 is 0 Å². The maximum atomic E-state index is 12.0. The normalized spacial score (nSPS) is 20.3. The maximum absolute atomic E-state index is 12.0. The number of amides is 1.